The van der Waals surface area contributed by atoms with E-state index in [1.54, 1.807) is 19.1 Å². The first-order valence-corrected chi connectivity index (χ1v) is 7.08. The highest BCUT2D eigenvalue weighted by atomic mass is 19.1. The van der Waals surface area contributed by atoms with Gasteiger partial charge in [-0.05, 0) is 48.8 Å². The molecule has 0 bridgehead atoms. The van der Waals surface area contributed by atoms with Crippen LogP contribution in [0.15, 0.2) is 18.2 Å². The molecule has 4 heteroatoms. The lowest BCUT2D eigenvalue weighted by Gasteiger charge is -2.30. The van der Waals surface area contributed by atoms with Crippen molar-refractivity contribution < 1.29 is 19.4 Å². The number of hydrogen-bond donors (Lipinski definition) is 2. The molecule has 110 valence electrons. The molecule has 1 aliphatic carbocycles. The lowest BCUT2D eigenvalue weighted by Crippen LogP contribution is -2.24. The molecule has 1 aliphatic rings. The van der Waals surface area contributed by atoms with Crippen LogP contribution in [0.4, 0.5) is 4.39 Å². The molecular weight excluding hydrogens is 259 g/mol. The third-order valence-electron chi connectivity index (χ3n) is 4.38. The minimum atomic E-state index is -0.811. The van der Waals surface area contributed by atoms with Crippen molar-refractivity contribution in [2.45, 2.75) is 51.6 Å². The van der Waals surface area contributed by atoms with E-state index in [0.717, 1.165) is 25.7 Å². The van der Waals surface area contributed by atoms with Crippen LogP contribution in [0.5, 0.6) is 0 Å². The number of carboxylic acid groups (broad SMARTS) is 1. The van der Waals surface area contributed by atoms with E-state index in [1.807, 2.05) is 0 Å². The van der Waals surface area contributed by atoms with E-state index in [9.17, 15) is 14.3 Å². The summed E-state index contributed by atoms with van der Waals surface area (Å²) in [5.74, 6) is -1.10. The molecule has 1 aromatic carbocycles. The summed E-state index contributed by atoms with van der Waals surface area (Å²) in [7, 11) is 0. The molecular formula is C16H21FO3. The van der Waals surface area contributed by atoms with Gasteiger partial charge in [-0.15, -0.1) is 0 Å². The maximum absolute atomic E-state index is 13.3. The first-order chi connectivity index (χ1) is 9.42. The van der Waals surface area contributed by atoms with Gasteiger partial charge in [-0.2, -0.15) is 0 Å². The molecule has 20 heavy (non-hydrogen) atoms. The van der Waals surface area contributed by atoms with Crippen LogP contribution in [-0.2, 0) is 4.79 Å². The fourth-order valence-corrected chi connectivity index (χ4v) is 3.30. The molecule has 1 aromatic rings. The van der Waals surface area contributed by atoms with Gasteiger partial charge in [0.15, 0.2) is 0 Å². The van der Waals surface area contributed by atoms with E-state index in [4.69, 9.17) is 5.11 Å². The molecule has 0 aliphatic heterocycles. The van der Waals surface area contributed by atoms with Crippen molar-refractivity contribution >= 4 is 5.97 Å². The summed E-state index contributed by atoms with van der Waals surface area (Å²) in [5, 5.41) is 19.4. The third kappa shape index (κ3) is 3.37. The molecule has 2 rings (SSSR count). The molecule has 0 saturated heterocycles. The number of benzene rings is 1. The molecule has 1 unspecified atom stereocenters. The molecule has 2 N–H and O–H groups in total. The largest absolute Gasteiger partial charge is 0.481 e. The Morgan fingerprint density at radius 2 is 2.05 bits per heavy atom. The minimum absolute atomic E-state index is 0.101. The Morgan fingerprint density at radius 1 is 1.40 bits per heavy atom. The molecule has 0 amide bonds. The molecule has 0 radical (unpaired) electrons. The van der Waals surface area contributed by atoms with Crippen LogP contribution in [0.25, 0.3) is 0 Å². The summed E-state index contributed by atoms with van der Waals surface area (Å²) in [6.45, 7) is 1.66. The first kappa shape index (κ1) is 15.0. The molecule has 0 heterocycles. The Kier molecular flexibility index (Phi) is 4.43. The number of carbonyl (C=O) groups is 1. The Bertz CT molecular complexity index is 492. The monoisotopic (exact) mass is 280 g/mol. The van der Waals surface area contributed by atoms with E-state index in [0.29, 0.717) is 17.5 Å². The first-order valence-electron chi connectivity index (χ1n) is 7.08. The fourth-order valence-electron chi connectivity index (χ4n) is 3.30. The Labute approximate surface area is 118 Å². The van der Waals surface area contributed by atoms with E-state index < -0.39 is 12.1 Å². The number of aliphatic carboxylic acids is 1. The van der Waals surface area contributed by atoms with Crippen LogP contribution in [0.3, 0.4) is 0 Å². The summed E-state index contributed by atoms with van der Waals surface area (Å²) in [4.78, 5) is 11.0. The normalized spacial score (nSPS) is 18.9. The van der Waals surface area contributed by atoms with Crippen LogP contribution in [0.1, 0.15) is 55.8 Å². The van der Waals surface area contributed by atoms with Gasteiger partial charge in [0.05, 0.1) is 12.5 Å². The summed E-state index contributed by atoms with van der Waals surface area (Å²) >= 11 is 0. The second kappa shape index (κ2) is 5.92. The van der Waals surface area contributed by atoms with Gasteiger partial charge in [0.25, 0.3) is 0 Å². The minimum Gasteiger partial charge on any atom is -0.481 e. The zero-order valence-electron chi connectivity index (χ0n) is 11.7. The number of aliphatic hydroxyl groups is 1. The number of hydrogen-bond acceptors (Lipinski definition) is 2. The second-order valence-electron chi connectivity index (χ2n) is 6.01. The van der Waals surface area contributed by atoms with Gasteiger partial charge < -0.3 is 10.2 Å². The number of carboxylic acids is 1. The summed E-state index contributed by atoms with van der Waals surface area (Å²) in [6.07, 6.45) is 3.53. The SMILES string of the molecule is Cc1cc(C(O)CC2(CC(=O)O)CCCC2)ccc1F. The van der Waals surface area contributed by atoms with Crippen molar-refractivity contribution in [3.8, 4) is 0 Å². The maximum Gasteiger partial charge on any atom is 0.303 e. The van der Waals surface area contributed by atoms with Crippen LogP contribution in [0.2, 0.25) is 0 Å². The molecule has 1 atom stereocenters. The Balaban J connectivity index is 2.13. The standard InChI is InChI=1S/C16H21FO3/c1-11-8-12(4-5-13(11)17)14(18)9-16(10-15(19)20)6-2-3-7-16/h4-5,8,14,18H,2-3,6-7,9-10H2,1H3,(H,19,20). The lowest BCUT2D eigenvalue weighted by atomic mass is 9.76. The predicted octanol–water partition coefficient (Wildman–Crippen LogP) is 3.59. The van der Waals surface area contributed by atoms with Crippen molar-refractivity contribution in [1.29, 1.82) is 0 Å². The van der Waals surface area contributed by atoms with Crippen LogP contribution in [-0.4, -0.2) is 16.2 Å². The second-order valence-corrected chi connectivity index (χ2v) is 6.01. The number of halogens is 1. The highest BCUT2D eigenvalue weighted by Gasteiger charge is 2.38. The van der Waals surface area contributed by atoms with Gasteiger partial charge in [0.1, 0.15) is 5.82 Å². The fraction of sp³-hybridized carbons (Fsp3) is 0.562. The third-order valence-corrected chi connectivity index (χ3v) is 4.38. The van der Waals surface area contributed by atoms with Gasteiger partial charge in [-0.3, -0.25) is 4.79 Å². The zero-order chi connectivity index (χ0) is 14.8. The highest BCUT2D eigenvalue weighted by molar-refractivity contribution is 5.67. The Hall–Kier alpha value is -1.42. The molecule has 1 saturated carbocycles. The zero-order valence-corrected chi connectivity index (χ0v) is 11.7. The molecule has 3 nitrogen and oxygen atoms in total. The van der Waals surface area contributed by atoms with Gasteiger partial charge >= 0.3 is 5.97 Å². The van der Waals surface area contributed by atoms with E-state index in [2.05, 4.69) is 0 Å². The predicted molar refractivity (Wildman–Crippen MR) is 73.9 cm³/mol. The van der Waals surface area contributed by atoms with Crippen molar-refractivity contribution in [2.75, 3.05) is 0 Å². The molecule has 0 spiro atoms. The quantitative estimate of drug-likeness (QED) is 0.866. The van der Waals surface area contributed by atoms with Crippen molar-refractivity contribution in [2.24, 2.45) is 5.41 Å². The maximum atomic E-state index is 13.3. The Morgan fingerprint density at radius 3 is 2.60 bits per heavy atom. The number of rotatable bonds is 5. The lowest BCUT2D eigenvalue weighted by molar-refractivity contribution is -0.140. The summed E-state index contributed by atoms with van der Waals surface area (Å²) < 4.78 is 13.3. The van der Waals surface area contributed by atoms with E-state index in [1.165, 1.54) is 6.07 Å². The smallest absolute Gasteiger partial charge is 0.303 e. The summed E-state index contributed by atoms with van der Waals surface area (Å²) in [6, 6.07) is 4.58. The van der Waals surface area contributed by atoms with Gasteiger partial charge in [0.2, 0.25) is 0 Å². The van der Waals surface area contributed by atoms with Gasteiger partial charge in [-0.1, -0.05) is 25.0 Å². The number of aryl methyl sites for hydroxylation is 1. The summed E-state index contributed by atoms with van der Waals surface area (Å²) in [5.41, 5.74) is 0.855. The van der Waals surface area contributed by atoms with Crippen molar-refractivity contribution in [1.82, 2.24) is 0 Å². The highest BCUT2D eigenvalue weighted by Crippen LogP contribution is 2.47. The van der Waals surface area contributed by atoms with Gasteiger partial charge in [0, 0.05) is 0 Å². The van der Waals surface area contributed by atoms with Crippen molar-refractivity contribution in [3.05, 3.63) is 35.1 Å². The van der Waals surface area contributed by atoms with Crippen LogP contribution < -0.4 is 0 Å². The topological polar surface area (TPSA) is 57.5 Å². The molecule has 0 aromatic heterocycles. The van der Waals surface area contributed by atoms with Gasteiger partial charge in [-0.25, -0.2) is 4.39 Å². The van der Waals surface area contributed by atoms with E-state index >= 15 is 0 Å². The molecule has 1 fully saturated rings. The van der Waals surface area contributed by atoms with E-state index in [-0.39, 0.29) is 17.7 Å². The van der Waals surface area contributed by atoms with Crippen molar-refractivity contribution in [3.63, 3.8) is 0 Å². The van der Waals surface area contributed by atoms with Crippen LogP contribution in [0, 0.1) is 18.2 Å². The number of aliphatic hydroxyl groups excluding tert-OH is 1. The van der Waals surface area contributed by atoms with Crippen LogP contribution >= 0.6 is 0 Å². The average molecular weight is 280 g/mol. The average Bonchev–Trinajstić information content (AvgIpc) is 2.79.